The second kappa shape index (κ2) is 6.95. The fourth-order valence-electron chi connectivity index (χ4n) is 1.86. The van der Waals surface area contributed by atoms with Gasteiger partial charge in [-0.05, 0) is 45.9 Å². The van der Waals surface area contributed by atoms with Crippen LogP contribution >= 0.6 is 11.3 Å². The molecule has 0 bridgehead atoms. The van der Waals surface area contributed by atoms with E-state index in [9.17, 15) is 9.18 Å². The van der Waals surface area contributed by atoms with E-state index in [0.717, 1.165) is 10.6 Å². The van der Waals surface area contributed by atoms with E-state index in [2.05, 4.69) is 15.6 Å². The van der Waals surface area contributed by atoms with Crippen LogP contribution in [0.3, 0.4) is 0 Å². The summed E-state index contributed by atoms with van der Waals surface area (Å²) in [5.74, 6) is -0.386. The molecule has 0 aliphatic carbocycles. The third kappa shape index (κ3) is 5.21. The molecule has 0 saturated heterocycles. The molecule has 1 aromatic carbocycles. The van der Waals surface area contributed by atoms with Crippen molar-refractivity contribution in [2.24, 2.45) is 0 Å². The highest BCUT2D eigenvalue weighted by atomic mass is 32.1. The molecule has 2 N–H and O–H groups in total. The molecule has 1 amide bonds. The smallest absolute Gasteiger partial charge is 0.412 e. The van der Waals surface area contributed by atoms with E-state index in [4.69, 9.17) is 4.74 Å². The zero-order valence-corrected chi connectivity index (χ0v) is 14.4. The Balaban J connectivity index is 2.11. The predicted octanol–water partition coefficient (Wildman–Crippen LogP) is 4.55. The van der Waals surface area contributed by atoms with Gasteiger partial charge in [-0.3, -0.25) is 5.32 Å². The average molecular weight is 337 g/mol. The van der Waals surface area contributed by atoms with E-state index in [1.807, 2.05) is 6.92 Å². The highest BCUT2D eigenvalue weighted by Gasteiger charge is 2.17. The van der Waals surface area contributed by atoms with Crippen LogP contribution in [0.4, 0.5) is 20.6 Å². The highest BCUT2D eigenvalue weighted by Crippen LogP contribution is 2.25. The second-order valence-electron chi connectivity index (χ2n) is 6.03. The number of hydrogen-bond donors (Lipinski definition) is 2. The van der Waals surface area contributed by atoms with Crippen LogP contribution in [0, 0.1) is 12.7 Å². The van der Waals surface area contributed by atoms with E-state index in [0.29, 0.717) is 17.9 Å². The molecule has 0 aliphatic rings. The summed E-state index contributed by atoms with van der Waals surface area (Å²) in [6.07, 6.45) is -0.582. The largest absolute Gasteiger partial charge is 0.444 e. The molecule has 0 aliphatic heterocycles. The van der Waals surface area contributed by atoms with Crippen molar-refractivity contribution in [3.8, 4) is 0 Å². The lowest BCUT2D eigenvalue weighted by Crippen LogP contribution is -2.27. The van der Waals surface area contributed by atoms with Crippen LogP contribution in [0.2, 0.25) is 0 Å². The predicted molar refractivity (Wildman–Crippen MR) is 90.4 cm³/mol. The molecule has 1 heterocycles. The maximum absolute atomic E-state index is 13.5. The summed E-state index contributed by atoms with van der Waals surface area (Å²) < 4.78 is 18.7. The van der Waals surface area contributed by atoms with Gasteiger partial charge in [-0.1, -0.05) is 0 Å². The van der Waals surface area contributed by atoms with E-state index >= 15 is 0 Å². The highest BCUT2D eigenvalue weighted by molar-refractivity contribution is 7.09. The monoisotopic (exact) mass is 337 g/mol. The molecular formula is C16H20FN3O2S. The van der Waals surface area contributed by atoms with Crippen molar-refractivity contribution in [2.45, 2.75) is 39.8 Å². The maximum atomic E-state index is 13.5. The van der Waals surface area contributed by atoms with Gasteiger partial charge in [0.15, 0.2) is 0 Å². The number of ether oxygens (including phenoxy) is 1. The molecule has 1 aromatic heterocycles. The minimum absolute atomic E-state index is 0.386. The molecule has 7 heteroatoms. The lowest BCUT2D eigenvalue weighted by Gasteiger charge is -2.20. The lowest BCUT2D eigenvalue weighted by atomic mass is 10.2. The van der Waals surface area contributed by atoms with Crippen LogP contribution in [-0.2, 0) is 11.3 Å². The Morgan fingerprint density at radius 1 is 1.35 bits per heavy atom. The number of hydrogen-bond acceptors (Lipinski definition) is 5. The second-order valence-corrected chi connectivity index (χ2v) is 6.97. The lowest BCUT2D eigenvalue weighted by molar-refractivity contribution is 0.0636. The number of nitrogens with zero attached hydrogens (tertiary/aromatic N) is 1. The summed E-state index contributed by atoms with van der Waals surface area (Å²) in [6, 6.07) is 4.13. The van der Waals surface area contributed by atoms with Gasteiger partial charge in [-0.2, -0.15) is 0 Å². The summed E-state index contributed by atoms with van der Waals surface area (Å²) in [5.41, 5.74) is 3.04. The normalized spacial score (nSPS) is 11.2. The van der Waals surface area contributed by atoms with E-state index < -0.39 is 11.7 Å². The van der Waals surface area contributed by atoms with Gasteiger partial charge in [0.05, 0.1) is 29.1 Å². The van der Waals surface area contributed by atoms with Crippen molar-refractivity contribution < 1.29 is 13.9 Å². The molecule has 23 heavy (non-hydrogen) atoms. The number of amides is 1. The van der Waals surface area contributed by atoms with Gasteiger partial charge in [0, 0.05) is 4.88 Å². The molecule has 0 unspecified atom stereocenters. The molecule has 0 atom stereocenters. The first kappa shape index (κ1) is 17.2. The molecular weight excluding hydrogens is 317 g/mol. The van der Waals surface area contributed by atoms with Gasteiger partial charge < -0.3 is 10.1 Å². The summed E-state index contributed by atoms with van der Waals surface area (Å²) in [6.45, 7) is 7.76. The first-order valence-corrected chi connectivity index (χ1v) is 8.05. The van der Waals surface area contributed by atoms with Crippen molar-refractivity contribution in [1.82, 2.24) is 4.98 Å². The van der Waals surface area contributed by atoms with Crippen LogP contribution in [0.25, 0.3) is 0 Å². The SMILES string of the molecule is Cc1ncsc1CNc1cc(F)ccc1NC(=O)OC(C)(C)C. The van der Waals surface area contributed by atoms with Crippen LogP contribution in [-0.4, -0.2) is 16.7 Å². The number of aryl methyl sites for hydroxylation is 1. The van der Waals surface area contributed by atoms with Gasteiger partial charge >= 0.3 is 6.09 Å². The fourth-order valence-corrected chi connectivity index (χ4v) is 2.57. The van der Waals surface area contributed by atoms with Crippen molar-refractivity contribution in [3.05, 3.63) is 40.1 Å². The van der Waals surface area contributed by atoms with Crippen LogP contribution in [0.15, 0.2) is 23.7 Å². The fraction of sp³-hybridized carbons (Fsp3) is 0.375. The zero-order valence-electron chi connectivity index (χ0n) is 13.6. The van der Waals surface area contributed by atoms with Crippen LogP contribution < -0.4 is 10.6 Å². The molecule has 0 spiro atoms. The van der Waals surface area contributed by atoms with Gasteiger partial charge in [0.25, 0.3) is 0 Å². The quantitative estimate of drug-likeness (QED) is 0.859. The van der Waals surface area contributed by atoms with Crippen molar-refractivity contribution in [3.63, 3.8) is 0 Å². The van der Waals surface area contributed by atoms with E-state index in [-0.39, 0.29) is 5.82 Å². The average Bonchev–Trinajstić information content (AvgIpc) is 2.82. The minimum Gasteiger partial charge on any atom is -0.444 e. The Morgan fingerprint density at radius 2 is 2.09 bits per heavy atom. The standard InChI is InChI=1S/C16H20FN3O2S/c1-10-14(23-9-19-10)8-18-13-7-11(17)5-6-12(13)20-15(21)22-16(2,3)4/h5-7,9,18H,8H2,1-4H3,(H,20,21). The summed E-state index contributed by atoms with van der Waals surface area (Å²) >= 11 is 1.52. The number of thiazole rings is 1. The molecule has 0 fully saturated rings. The number of anilines is 2. The Morgan fingerprint density at radius 3 is 2.70 bits per heavy atom. The molecule has 2 rings (SSSR count). The van der Waals surface area contributed by atoms with Gasteiger partial charge in [0.1, 0.15) is 11.4 Å². The zero-order chi connectivity index (χ0) is 17.0. The minimum atomic E-state index is -0.600. The summed E-state index contributed by atoms with van der Waals surface area (Å²) in [5, 5.41) is 5.76. The number of nitrogens with one attached hydrogen (secondary N) is 2. The topological polar surface area (TPSA) is 63.2 Å². The Hall–Kier alpha value is -2.15. The number of halogens is 1. The van der Waals surface area contributed by atoms with E-state index in [1.165, 1.54) is 29.5 Å². The van der Waals surface area contributed by atoms with Crippen molar-refractivity contribution >= 4 is 28.8 Å². The Kier molecular flexibility index (Phi) is 5.20. The molecule has 124 valence electrons. The third-order valence-corrected chi connectivity index (χ3v) is 3.84. The van der Waals surface area contributed by atoms with Crippen molar-refractivity contribution in [2.75, 3.05) is 10.6 Å². The number of rotatable bonds is 4. The van der Waals surface area contributed by atoms with Gasteiger partial charge in [-0.15, -0.1) is 11.3 Å². The van der Waals surface area contributed by atoms with E-state index in [1.54, 1.807) is 26.3 Å². The number of carbonyl (C=O) groups excluding carboxylic acids is 1. The number of benzene rings is 1. The number of carbonyl (C=O) groups is 1. The molecule has 5 nitrogen and oxygen atoms in total. The molecule has 0 saturated carbocycles. The summed E-state index contributed by atoms with van der Waals surface area (Å²) in [4.78, 5) is 17.1. The number of aromatic nitrogens is 1. The molecule has 0 radical (unpaired) electrons. The maximum Gasteiger partial charge on any atom is 0.412 e. The summed E-state index contributed by atoms with van der Waals surface area (Å²) in [7, 11) is 0. The Labute approximate surface area is 138 Å². The van der Waals surface area contributed by atoms with Crippen LogP contribution in [0.1, 0.15) is 31.3 Å². The first-order chi connectivity index (χ1) is 10.7. The van der Waals surface area contributed by atoms with Gasteiger partial charge in [0.2, 0.25) is 0 Å². The molecule has 2 aromatic rings. The van der Waals surface area contributed by atoms with Crippen molar-refractivity contribution in [1.29, 1.82) is 0 Å². The Bertz CT molecular complexity index is 695. The first-order valence-electron chi connectivity index (χ1n) is 7.17. The third-order valence-electron chi connectivity index (χ3n) is 2.90. The van der Waals surface area contributed by atoms with Gasteiger partial charge in [-0.25, -0.2) is 14.2 Å². The van der Waals surface area contributed by atoms with Crippen LogP contribution in [0.5, 0.6) is 0 Å².